The number of likely N-dealkylation sites (tertiary alicyclic amines) is 1. The van der Waals surface area contributed by atoms with E-state index in [0.717, 1.165) is 12.8 Å². The zero-order valence-corrected chi connectivity index (χ0v) is 13.1. The zero-order valence-electron chi connectivity index (χ0n) is 13.1. The first-order valence-corrected chi connectivity index (χ1v) is 8.00. The third-order valence-corrected chi connectivity index (χ3v) is 4.40. The minimum Gasteiger partial charge on any atom is -0.332 e. The van der Waals surface area contributed by atoms with Crippen LogP contribution in [-0.4, -0.2) is 43.1 Å². The van der Waals surface area contributed by atoms with Gasteiger partial charge in [-0.1, -0.05) is 12.1 Å². The van der Waals surface area contributed by atoms with Crippen molar-refractivity contribution in [3.63, 3.8) is 0 Å². The van der Waals surface area contributed by atoms with E-state index in [2.05, 4.69) is 15.1 Å². The van der Waals surface area contributed by atoms with Crippen molar-refractivity contribution in [1.29, 1.82) is 0 Å². The molecule has 2 aromatic heterocycles. The predicted molar refractivity (Wildman–Crippen MR) is 88.6 cm³/mol. The van der Waals surface area contributed by atoms with Crippen LogP contribution in [0.3, 0.4) is 0 Å². The van der Waals surface area contributed by atoms with Gasteiger partial charge in [-0.2, -0.15) is 5.10 Å². The van der Waals surface area contributed by atoms with E-state index in [1.807, 2.05) is 29.1 Å². The quantitative estimate of drug-likeness (QED) is 0.790. The van der Waals surface area contributed by atoms with E-state index >= 15 is 0 Å². The second kappa shape index (κ2) is 5.92. The molecule has 0 saturated carbocycles. The first kappa shape index (κ1) is 14.6. The number of fused-ring (bicyclic) bond motifs is 1. The fraction of sp³-hybridized carbons (Fsp3) is 0.294. The maximum Gasteiger partial charge on any atom is 0.280 e. The Morgan fingerprint density at radius 2 is 2.17 bits per heavy atom. The molecule has 0 aliphatic carbocycles. The van der Waals surface area contributed by atoms with Gasteiger partial charge in [0.1, 0.15) is 0 Å². The molecular formula is C17H17N5O2. The SMILES string of the molecule is O=C(c1nc2ccccc2[nH]c1=O)N1CCCC1Cn1cccn1. The van der Waals surface area contributed by atoms with E-state index in [0.29, 0.717) is 24.1 Å². The number of aromatic nitrogens is 4. The van der Waals surface area contributed by atoms with Gasteiger partial charge in [-0.25, -0.2) is 4.98 Å². The lowest BCUT2D eigenvalue weighted by Crippen LogP contribution is -2.41. The Labute approximate surface area is 137 Å². The van der Waals surface area contributed by atoms with Crippen molar-refractivity contribution in [3.05, 3.63) is 58.8 Å². The van der Waals surface area contributed by atoms with Crippen molar-refractivity contribution < 1.29 is 4.79 Å². The fourth-order valence-corrected chi connectivity index (χ4v) is 3.23. The molecule has 1 aliphatic rings. The lowest BCUT2D eigenvalue weighted by Gasteiger charge is -2.24. The number of nitrogens with zero attached hydrogens (tertiary/aromatic N) is 4. The third kappa shape index (κ3) is 2.58. The largest absolute Gasteiger partial charge is 0.332 e. The minimum atomic E-state index is -0.441. The molecular weight excluding hydrogens is 306 g/mol. The van der Waals surface area contributed by atoms with Crippen LogP contribution in [0, 0.1) is 0 Å². The third-order valence-electron chi connectivity index (χ3n) is 4.40. The summed E-state index contributed by atoms with van der Waals surface area (Å²) in [6.07, 6.45) is 5.42. The maximum atomic E-state index is 12.9. The van der Waals surface area contributed by atoms with Crippen molar-refractivity contribution >= 4 is 16.9 Å². The molecule has 0 radical (unpaired) electrons. The van der Waals surface area contributed by atoms with Crippen LogP contribution in [0.25, 0.3) is 11.0 Å². The smallest absolute Gasteiger partial charge is 0.280 e. The Kier molecular flexibility index (Phi) is 3.60. The Morgan fingerprint density at radius 3 is 3.00 bits per heavy atom. The number of nitrogens with one attached hydrogen (secondary N) is 1. The molecule has 1 atom stereocenters. The van der Waals surface area contributed by atoms with Gasteiger partial charge < -0.3 is 9.88 Å². The number of hydrogen-bond donors (Lipinski definition) is 1. The average molecular weight is 323 g/mol. The standard InChI is InChI=1S/C17H17N5O2/c23-16-15(19-13-6-1-2-7-14(13)20-16)17(24)22-10-3-5-12(22)11-21-9-4-8-18-21/h1-2,4,6-9,12H,3,5,10-11H2,(H,20,23). The van der Waals surface area contributed by atoms with Crippen LogP contribution in [0.15, 0.2) is 47.5 Å². The molecule has 3 heterocycles. The van der Waals surface area contributed by atoms with E-state index in [4.69, 9.17) is 0 Å². The van der Waals surface area contributed by atoms with Crippen molar-refractivity contribution in [3.8, 4) is 0 Å². The van der Waals surface area contributed by atoms with Gasteiger partial charge in [0, 0.05) is 18.9 Å². The van der Waals surface area contributed by atoms with E-state index in [-0.39, 0.29) is 17.6 Å². The highest BCUT2D eigenvalue weighted by Crippen LogP contribution is 2.20. The van der Waals surface area contributed by atoms with Gasteiger partial charge in [-0.15, -0.1) is 0 Å². The monoisotopic (exact) mass is 323 g/mol. The number of rotatable bonds is 3. The molecule has 1 amide bonds. The number of H-pyrrole nitrogens is 1. The van der Waals surface area contributed by atoms with E-state index in [9.17, 15) is 9.59 Å². The molecule has 4 rings (SSSR count). The highest BCUT2D eigenvalue weighted by atomic mass is 16.2. The number of para-hydroxylation sites is 2. The Morgan fingerprint density at radius 1 is 1.29 bits per heavy atom. The molecule has 1 saturated heterocycles. The molecule has 1 aromatic carbocycles. The summed E-state index contributed by atoms with van der Waals surface area (Å²) in [5.41, 5.74) is 0.765. The van der Waals surface area contributed by atoms with Gasteiger partial charge in [0.05, 0.1) is 23.6 Å². The molecule has 1 fully saturated rings. The summed E-state index contributed by atoms with van der Waals surface area (Å²) in [7, 11) is 0. The number of carbonyl (C=O) groups excluding carboxylic acids is 1. The summed E-state index contributed by atoms with van der Waals surface area (Å²) < 4.78 is 1.81. The number of benzene rings is 1. The first-order chi connectivity index (χ1) is 11.7. The van der Waals surface area contributed by atoms with Crippen LogP contribution in [0.5, 0.6) is 0 Å². The highest BCUT2D eigenvalue weighted by Gasteiger charge is 2.32. The van der Waals surface area contributed by atoms with Crippen LogP contribution < -0.4 is 5.56 Å². The lowest BCUT2D eigenvalue weighted by molar-refractivity contribution is 0.0714. The molecule has 0 bridgehead atoms. The van der Waals surface area contributed by atoms with Gasteiger partial charge in [-0.05, 0) is 31.0 Å². The number of aromatic amines is 1. The van der Waals surface area contributed by atoms with E-state index < -0.39 is 5.56 Å². The minimum absolute atomic E-state index is 0.0325. The zero-order chi connectivity index (χ0) is 16.5. The van der Waals surface area contributed by atoms with Crippen molar-refractivity contribution in [1.82, 2.24) is 24.6 Å². The molecule has 1 unspecified atom stereocenters. The van der Waals surface area contributed by atoms with Crippen molar-refractivity contribution in [2.24, 2.45) is 0 Å². The topological polar surface area (TPSA) is 83.9 Å². The molecule has 1 N–H and O–H groups in total. The predicted octanol–water partition coefficient (Wildman–Crippen LogP) is 1.42. The molecule has 7 heteroatoms. The summed E-state index contributed by atoms with van der Waals surface area (Å²) in [5, 5.41) is 4.20. The van der Waals surface area contributed by atoms with Crippen LogP contribution in [0.2, 0.25) is 0 Å². The van der Waals surface area contributed by atoms with Crippen LogP contribution in [0.4, 0.5) is 0 Å². The second-order valence-electron chi connectivity index (χ2n) is 5.95. The molecule has 0 spiro atoms. The fourth-order valence-electron chi connectivity index (χ4n) is 3.23. The Balaban J connectivity index is 1.65. The first-order valence-electron chi connectivity index (χ1n) is 8.00. The maximum absolute atomic E-state index is 12.9. The molecule has 1 aliphatic heterocycles. The van der Waals surface area contributed by atoms with E-state index in [1.54, 1.807) is 23.2 Å². The lowest BCUT2D eigenvalue weighted by atomic mass is 10.2. The highest BCUT2D eigenvalue weighted by molar-refractivity contribution is 5.94. The molecule has 3 aromatic rings. The number of amides is 1. The molecule has 24 heavy (non-hydrogen) atoms. The van der Waals surface area contributed by atoms with Gasteiger partial charge in [0.15, 0.2) is 5.69 Å². The summed E-state index contributed by atoms with van der Waals surface area (Å²) in [5.74, 6) is -0.309. The average Bonchev–Trinajstić information content (AvgIpc) is 3.26. The van der Waals surface area contributed by atoms with Crippen molar-refractivity contribution in [2.75, 3.05) is 6.54 Å². The van der Waals surface area contributed by atoms with Gasteiger partial charge in [-0.3, -0.25) is 14.3 Å². The van der Waals surface area contributed by atoms with E-state index in [1.165, 1.54) is 0 Å². The van der Waals surface area contributed by atoms with Gasteiger partial charge >= 0.3 is 0 Å². The van der Waals surface area contributed by atoms with Crippen molar-refractivity contribution in [2.45, 2.75) is 25.4 Å². The van der Waals surface area contributed by atoms with Crippen LogP contribution in [0.1, 0.15) is 23.3 Å². The Hall–Kier alpha value is -2.96. The normalized spacial score (nSPS) is 17.5. The molecule has 122 valence electrons. The second-order valence-corrected chi connectivity index (χ2v) is 5.95. The summed E-state index contributed by atoms with van der Waals surface area (Å²) >= 11 is 0. The van der Waals surface area contributed by atoms with Gasteiger partial charge in [0.2, 0.25) is 0 Å². The Bertz CT molecular complexity index is 932. The van der Waals surface area contributed by atoms with Crippen LogP contribution >= 0.6 is 0 Å². The number of hydrogen-bond acceptors (Lipinski definition) is 4. The van der Waals surface area contributed by atoms with Crippen LogP contribution in [-0.2, 0) is 6.54 Å². The molecule has 7 nitrogen and oxygen atoms in total. The summed E-state index contributed by atoms with van der Waals surface area (Å²) in [6, 6.07) is 9.10. The summed E-state index contributed by atoms with van der Waals surface area (Å²) in [6.45, 7) is 1.27. The summed E-state index contributed by atoms with van der Waals surface area (Å²) in [4.78, 5) is 33.9. The number of carbonyl (C=O) groups is 1. The van der Waals surface area contributed by atoms with Gasteiger partial charge in [0.25, 0.3) is 11.5 Å².